The Morgan fingerprint density at radius 1 is 1.03 bits per heavy atom. The van der Waals surface area contributed by atoms with E-state index in [0.717, 1.165) is 23.1 Å². The monoisotopic (exact) mass is 484 g/mol. The van der Waals surface area contributed by atoms with Crippen molar-refractivity contribution in [2.45, 2.75) is 17.9 Å². The number of amides is 1. The first-order valence-electron chi connectivity index (χ1n) is 9.87. The van der Waals surface area contributed by atoms with Gasteiger partial charge < -0.3 is 10.2 Å². The first-order valence-corrected chi connectivity index (χ1v) is 12.1. The Labute approximate surface area is 193 Å². The Balaban J connectivity index is 1.65. The fraction of sp³-hybridized carbons (Fsp3) is 0.381. The predicted molar refractivity (Wildman–Crippen MR) is 126 cm³/mol. The summed E-state index contributed by atoms with van der Waals surface area (Å²) in [5.41, 5.74) is 1.38. The minimum absolute atomic E-state index is 0.0435. The quantitative estimate of drug-likeness (QED) is 0.679. The topological polar surface area (TPSA) is 73.0 Å². The molecule has 1 aliphatic heterocycles. The van der Waals surface area contributed by atoms with Crippen LogP contribution in [0.15, 0.2) is 47.4 Å². The number of rotatable bonds is 6. The molecule has 2 aromatic carbocycles. The lowest BCUT2D eigenvalue weighted by atomic mass is 10.2. The first-order chi connectivity index (χ1) is 14.6. The molecule has 1 fully saturated rings. The summed E-state index contributed by atoms with van der Waals surface area (Å²) in [5.74, 6) is -0.207. The zero-order valence-corrected chi connectivity index (χ0v) is 20.0. The molecule has 3 rings (SSSR count). The van der Waals surface area contributed by atoms with Gasteiger partial charge in [0.1, 0.15) is 4.90 Å². The number of hydrogen-bond donors (Lipinski definition) is 1. The van der Waals surface area contributed by atoms with Gasteiger partial charge in [-0.25, -0.2) is 12.7 Å². The Hall–Kier alpha value is -1.84. The summed E-state index contributed by atoms with van der Waals surface area (Å²) < 4.78 is 26.0. The van der Waals surface area contributed by atoms with E-state index in [4.69, 9.17) is 23.2 Å². The Morgan fingerprint density at radius 2 is 1.68 bits per heavy atom. The number of carbonyl (C=O) groups is 1. The normalized spacial score (nSPS) is 16.4. The maximum Gasteiger partial charge on any atom is 0.244 e. The van der Waals surface area contributed by atoms with Crippen LogP contribution in [0.3, 0.4) is 0 Å². The Bertz CT molecular complexity index is 1050. The van der Waals surface area contributed by atoms with Crippen LogP contribution in [0.5, 0.6) is 0 Å². The van der Waals surface area contributed by atoms with Gasteiger partial charge in [-0.05, 0) is 37.3 Å². The van der Waals surface area contributed by atoms with Crippen LogP contribution >= 0.6 is 23.2 Å². The molecular weight excluding hydrogens is 459 g/mol. The molecule has 7 nitrogen and oxygen atoms in total. The van der Waals surface area contributed by atoms with Crippen molar-refractivity contribution < 1.29 is 13.2 Å². The molecule has 0 saturated carbocycles. The average Bonchev–Trinajstić information content (AvgIpc) is 2.74. The number of carbonyl (C=O) groups excluding carboxylic acids is 1. The lowest BCUT2D eigenvalue weighted by molar-refractivity contribution is -0.120. The molecule has 0 bridgehead atoms. The van der Waals surface area contributed by atoms with Gasteiger partial charge in [0.15, 0.2) is 0 Å². The van der Waals surface area contributed by atoms with Gasteiger partial charge in [0.05, 0.1) is 21.8 Å². The van der Waals surface area contributed by atoms with Gasteiger partial charge in [-0.15, -0.1) is 0 Å². The highest BCUT2D eigenvalue weighted by Crippen LogP contribution is 2.28. The van der Waals surface area contributed by atoms with Crippen molar-refractivity contribution in [2.75, 3.05) is 50.5 Å². The number of nitrogens with one attached hydrogen (secondary N) is 1. The molecule has 1 saturated heterocycles. The van der Waals surface area contributed by atoms with Gasteiger partial charge in [0, 0.05) is 46.0 Å². The van der Waals surface area contributed by atoms with E-state index in [2.05, 4.69) is 15.1 Å². The largest absolute Gasteiger partial charge is 0.368 e. The van der Waals surface area contributed by atoms with Gasteiger partial charge in [-0.3, -0.25) is 9.69 Å². The van der Waals surface area contributed by atoms with Crippen LogP contribution in [-0.4, -0.2) is 69.8 Å². The predicted octanol–water partition coefficient (Wildman–Crippen LogP) is 3.39. The third-order valence-electron chi connectivity index (χ3n) is 5.39. The standard InChI is InChI=1S/C21H26Cl2N4O3S/c1-15(26-10-12-27(13-11-26)19-7-5-4-6-17(19)22)21(28)24-16-8-9-18(23)20(14-16)31(29,30)25(2)3/h4-9,14-15H,10-13H2,1-3H3,(H,24,28). The summed E-state index contributed by atoms with van der Waals surface area (Å²) in [6, 6.07) is 11.8. The third-order valence-corrected chi connectivity index (χ3v) is 8.01. The lowest BCUT2D eigenvalue weighted by Gasteiger charge is -2.38. The van der Waals surface area contributed by atoms with Crippen molar-refractivity contribution in [3.05, 3.63) is 52.5 Å². The number of sulfonamides is 1. The molecule has 2 aromatic rings. The molecule has 31 heavy (non-hydrogen) atoms. The fourth-order valence-electron chi connectivity index (χ4n) is 3.45. The van der Waals surface area contributed by atoms with Gasteiger partial charge in [-0.1, -0.05) is 35.3 Å². The van der Waals surface area contributed by atoms with Crippen LogP contribution in [0.1, 0.15) is 6.92 Å². The number of anilines is 2. The molecule has 1 atom stereocenters. The zero-order valence-electron chi connectivity index (χ0n) is 17.7. The van der Waals surface area contributed by atoms with E-state index in [0.29, 0.717) is 23.8 Å². The van der Waals surface area contributed by atoms with Gasteiger partial charge in [-0.2, -0.15) is 0 Å². The van der Waals surface area contributed by atoms with E-state index in [9.17, 15) is 13.2 Å². The molecule has 10 heteroatoms. The average molecular weight is 485 g/mol. The fourth-order valence-corrected chi connectivity index (χ4v) is 5.10. The highest BCUT2D eigenvalue weighted by Gasteiger charge is 2.27. The van der Waals surface area contributed by atoms with Crippen molar-refractivity contribution >= 4 is 50.5 Å². The van der Waals surface area contributed by atoms with Crippen LogP contribution in [-0.2, 0) is 14.8 Å². The summed E-state index contributed by atoms with van der Waals surface area (Å²) in [6.07, 6.45) is 0. The highest BCUT2D eigenvalue weighted by molar-refractivity contribution is 7.89. The molecule has 0 radical (unpaired) electrons. The van der Waals surface area contributed by atoms with Crippen LogP contribution in [0.2, 0.25) is 10.0 Å². The number of benzene rings is 2. The maximum atomic E-state index is 12.8. The van der Waals surface area contributed by atoms with E-state index in [-0.39, 0.29) is 21.9 Å². The van der Waals surface area contributed by atoms with E-state index in [1.165, 1.54) is 26.2 Å². The summed E-state index contributed by atoms with van der Waals surface area (Å²) in [5, 5.41) is 3.64. The lowest BCUT2D eigenvalue weighted by Crippen LogP contribution is -2.52. The summed E-state index contributed by atoms with van der Waals surface area (Å²) in [7, 11) is -0.856. The zero-order chi connectivity index (χ0) is 22.8. The molecule has 0 aliphatic carbocycles. The molecule has 1 amide bonds. The van der Waals surface area contributed by atoms with E-state index < -0.39 is 10.0 Å². The van der Waals surface area contributed by atoms with Gasteiger partial charge in [0.2, 0.25) is 15.9 Å². The Kier molecular flexibility index (Phi) is 7.49. The number of hydrogen-bond acceptors (Lipinski definition) is 5. The van der Waals surface area contributed by atoms with Gasteiger partial charge in [0.25, 0.3) is 0 Å². The molecular formula is C21H26Cl2N4O3S. The van der Waals surface area contributed by atoms with Crippen molar-refractivity contribution in [3.8, 4) is 0 Å². The SMILES string of the molecule is CC(C(=O)Nc1ccc(Cl)c(S(=O)(=O)N(C)C)c1)N1CCN(c2ccccc2Cl)CC1. The number of piperazine rings is 1. The van der Waals surface area contributed by atoms with E-state index in [1.54, 1.807) is 6.07 Å². The number of halogens is 2. The first kappa shape index (κ1) is 23.8. The van der Waals surface area contributed by atoms with Crippen molar-refractivity contribution in [3.63, 3.8) is 0 Å². The van der Waals surface area contributed by atoms with Crippen LogP contribution in [0, 0.1) is 0 Å². The van der Waals surface area contributed by atoms with Crippen LogP contribution in [0.4, 0.5) is 11.4 Å². The second kappa shape index (κ2) is 9.75. The molecule has 1 N–H and O–H groups in total. The Morgan fingerprint density at radius 3 is 2.29 bits per heavy atom. The van der Waals surface area contributed by atoms with Gasteiger partial charge >= 0.3 is 0 Å². The molecule has 0 aromatic heterocycles. The van der Waals surface area contributed by atoms with Crippen LogP contribution in [0.25, 0.3) is 0 Å². The highest BCUT2D eigenvalue weighted by atomic mass is 35.5. The van der Waals surface area contributed by atoms with Crippen molar-refractivity contribution in [1.29, 1.82) is 0 Å². The second-order valence-electron chi connectivity index (χ2n) is 7.57. The molecule has 168 valence electrons. The molecule has 1 heterocycles. The molecule has 1 aliphatic rings. The minimum Gasteiger partial charge on any atom is -0.368 e. The smallest absolute Gasteiger partial charge is 0.244 e. The van der Waals surface area contributed by atoms with Crippen molar-refractivity contribution in [2.24, 2.45) is 0 Å². The summed E-state index contributed by atoms with van der Waals surface area (Å²) >= 11 is 12.4. The number of nitrogens with zero attached hydrogens (tertiary/aromatic N) is 3. The molecule has 0 spiro atoms. The van der Waals surface area contributed by atoms with E-state index in [1.807, 2.05) is 31.2 Å². The van der Waals surface area contributed by atoms with Crippen molar-refractivity contribution in [1.82, 2.24) is 9.21 Å². The summed E-state index contributed by atoms with van der Waals surface area (Å²) in [4.78, 5) is 17.1. The minimum atomic E-state index is -3.72. The third kappa shape index (κ3) is 5.32. The number of para-hydroxylation sites is 1. The van der Waals surface area contributed by atoms with Crippen LogP contribution < -0.4 is 10.2 Å². The maximum absolute atomic E-state index is 12.8. The van der Waals surface area contributed by atoms with E-state index >= 15 is 0 Å². The molecule has 1 unspecified atom stereocenters. The second-order valence-corrected chi connectivity index (χ2v) is 10.5. The summed E-state index contributed by atoms with van der Waals surface area (Å²) in [6.45, 7) is 4.77.